The first kappa shape index (κ1) is 16.2. The van der Waals surface area contributed by atoms with Crippen LogP contribution >= 0.6 is 0 Å². The number of benzene rings is 1. The van der Waals surface area contributed by atoms with Crippen molar-refractivity contribution in [2.24, 2.45) is 11.8 Å². The third-order valence-electron chi connectivity index (χ3n) is 5.24. The third-order valence-corrected chi connectivity index (χ3v) is 5.24. The number of H-pyrrole nitrogens is 1. The van der Waals surface area contributed by atoms with Gasteiger partial charge in [0.05, 0.1) is 18.2 Å². The second-order valence-electron chi connectivity index (χ2n) is 6.62. The molecule has 1 aliphatic carbocycles. The minimum Gasteiger partial charge on any atom is -0.384 e. The Bertz CT molecular complexity index is 881. The molecule has 0 bridgehead atoms. The summed E-state index contributed by atoms with van der Waals surface area (Å²) >= 11 is 0. The van der Waals surface area contributed by atoms with E-state index in [9.17, 15) is 14.0 Å². The van der Waals surface area contributed by atoms with Gasteiger partial charge in [0.2, 0.25) is 0 Å². The predicted molar refractivity (Wildman–Crippen MR) is 89.0 cm³/mol. The summed E-state index contributed by atoms with van der Waals surface area (Å²) in [7, 11) is 1.62. The fourth-order valence-corrected chi connectivity index (χ4v) is 4.02. The number of pyridine rings is 1. The van der Waals surface area contributed by atoms with Crippen LogP contribution in [0.25, 0.3) is 10.9 Å². The minimum absolute atomic E-state index is 0.0456. The molecule has 1 saturated heterocycles. The van der Waals surface area contributed by atoms with E-state index in [1.165, 1.54) is 24.3 Å². The van der Waals surface area contributed by atoms with Crippen LogP contribution in [-0.2, 0) is 9.47 Å². The molecule has 6 nitrogen and oxygen atoms in total. The molecular weight excluding hydrogens is 327 g/mol. The molecule has 2 aromatic rings. The Morgan fingerprint density at radius 3 is 3.12 bits per heavy atom. The van der Waals surface area contributed by atoms with Gasteiger partial charge in [-0.1, -0.05) is 6.07 Å². The Hall–Kier alpha value is -2.25. The van der Waals surface area contributed by atoms with Crippen LogP contribution in [0.4, 0.5) is 4.39 Å². The van der Waals surface area contributed by atoms with Crippen molar-refractivity contribution in [3.05, 3.63) is 46.0 Å². The summed E-state index contributed by atoms with van der Waals surface area (Å²) in [5.74, 6) is -0.633. The third kappa shape index (κ3) is 2.63. The highest BCUT2D eigenvalue weighted by atomic mass is 19.1. The summed E-state index contributed by atoms with van der Waals surface area (Å²) in [5, 5.41) is 3.18. The van der Waals surface area contributed by atoms with Gasteiger partial charge in [-0.3, -0.25) is 9.59 Å². The van der Waals surface area contributed by atoms with Gasteiger partial charge in [0, 0.05) is 43.0 Å². The van der Waals surface area contributed by atoms with Crippen molar-refractivity contribution in [3.63, 3.8) is 0 Å². The molecule has 4 rings (SSSR count). The van der Waals surface area contributed by atoms with E-state index in [0.717, 1.165) is 6.42 Å². The van der Waals surface area contributed by atoms with E-state index in [2.05, 4.69) is 10.3 Å². The molecule has 0 radical (unpaired) electrons. The van der Waals surface area contributed by atoms with Crippen LogP contribution in [0.1, 0.15) is 16.9 Å². The summed E-state index contributed by atoms with van der Waals surface area (Å²) < 4.78 is 24.9. The minimum atomic E-state index is -0.561. The second-order valence-corrected chi connectivity index (χ2v) is 6.62. The van der Waals surface area contributed by atoms with E-state index in [4.69, 9.17) is 9.47 Å². The van der Waals surface area contributed by atoms with Gasteiger partial charge in [-0.05, 0) is 18.6 Å². The fraction of sp³-hybridized carbons (Fsp3) is 0.444. The first-order valence-electron chi connectivity index (χ1n) is 8.33. The Balaban J connectivity index is 1.60. The molecule has 0 spiro atoms. The topological polar surface area (TPSA) is 80.4 Å². The van der Waals surface area contributed by atoms with Crippen molar-refractivity contribution in [2.45, 2.75) is 18.6 Å². The van der Waals surface area contributed by atoms with Crippen LogP contribution in [0.15, 0.2) is 29.1 Å². The zero-order valence-corrected chi connectivity index (χ0v) is 13.8. The number of ether oxygens (including phenoxy) is 2. The van der Waals surface area contributed by atoms with Crippen LogP contribution < -0.4 is 10.7 Å². The van der Waals surface area contributed by atoms with Crippen molar-refractivity contribution < 1.29 is 18.7 Å². The molecule has 2 heterocycles. The molecular formula is C18H19FN2O4. The van der Waals surface area contributed by atoms with Crippen molar-refractivity contribution >= 4 is 16.8 Å². The monoisotopic (exact) mass is 346 g/mol. The maximum absolute atomic E-state index is 14.0. The first-order chi connectivity index (χ1) is 12.1. The normalized spacial score (nSPS) is 27.8. The largest absolute Gasteiger partial charge is 0.384 e. The molecule has 1 aromatic heterocycles. The SMILES string of the molecule is COC[C@@H]1[C@H](NC(=O)c2cc(=O)c3cccc(F)c3[nH]2)[C@@H]2CCO[C@H]12. The quantitative estimate of drug-likeness (QED) is 0.878. The number of rotatable bonds is 4. The summed E-state index contributed by atoms with van der Waals surface area (Å²) in [6.45, 7) is 1.18. The molecule has 1 saturated carbocycles. The molecule has 25 heavy (non-hydrogen) atoms. The lowest BCUT2D eigenvalue weighted by Gasteiger charge is -2.47. The van der Waals surface area contributed by atoms with Gasteiger partial charge in [-0.2, -0.15) is 0 Å². The lowest BCUT2D eigenvalue weighted by atomic mass is 9.67. The van der Waals surface area contributed by atoms with E-state index in [-0.39, 0.29) is 46.0 Å². The van der Waals surface area contributed by atoms with Gasteiger partial charge in [0.15, 0.2) is 5.43 Å². The van der Waals surface area contributed by atoms with Crippen LogP contribution in [0, 0.1) is 17.7 Å². The molecule has 1 aromatic carbocycles. The average Bonchev–Trinajstić information content (AvgIpc) is 3.02. The molecule has 0 unspecified atom stereocenters. The van der Waals surface area contributed by atoms with Crippen molar-refractivity contribution in [1.82, 2.24) is 10.3 Å². The van der Waals surface area contributed by atoms with Gasteiger partial charge in [0.1, 0.15) is 11.5 Å². The van der Waals surface area contributed by atoms with E-state index in [1.807, 2.05) is 0 Å². The maximum atomic E-state index is 14.0. The van der Waals surface area contributed by atoms with Gasteiger partial charge >= 0.3 is 0 Å². The van der Waals surface area contributed by atoms with Crippen LogP contribution in [-0.4, -0.2) is 43.4 Å². The number of fused-ring (bicyclic) bond motifs is 2. The molecule has 2 N–H and O–H groups in total. The zero-order chi connectivity index (χ0) is 17.6. The number of hydrogen-bond donors (Lipinski definition) is 2. The molecule has 1 aliphatic heterocycles. The van der Waals surface area contributed by atoms with E-state index < -0.39 is 11.7 Å². The Kier molecular flexibility index (Phi) is 4.05. The highest BCUT2D eigenvalue weighted by molar-refractivity contribution is 5.95. The first-order valence-corrected chi connectivity index (χ1v) is 8.33. The van der Waals surface area contributed by atoms with Crippen molar-refractivity contribution in [2.75, 3.05) is 20.3 Å². The predicted octanol–water partition coefficient (Wildman–Crippen LogP) is 1.45. The van der Waals surface area contributed by atoms with E-state index >= 15 is 0 Å². The number of carbonyl (C=O) groups excluding carboxylic acids is 1. The zero-order valence-electron chi connectivity index (χ0n) is 13.8. The lowest BCUT2D eigenvalue weighted by molar-refractivity contribution is -0.0810. The number of methoxy groups -OCH3 is 1. The number of amides is 1. The Morgan fingerprint density at radius 2 is 2.32 bits per heavy atom. The number of hydrogen-bond acceptors (Lipinski definition) is 4. The summed E-state index contributed by atoms with van der Waals surface area (Å²) in [4.78, 5) is 27.5. The van der Waals surface area contributed by atoms with E-state index in [1.54, 1.807) is 7.11 Å². The number of para-hydroxylation sites is 1. The summed E-state index contributed by atoms with van der Waals surface area (Å²) in [6.07, 6.45) is 0.997. The molecule has 2 fully saturated rings. The molecule has 132 valence electrons. The highest BCUT2D eigenvalue weighted by Crippen LogP contribution is 2.43. The maximum Gasteiger partial charge on any atom is 0.268 e. The fourth-order valence-electron chi connectivity index (χ4n) is 4.02. The molecule has 2 aliphatic rings. The average molecular weight is 346 g/mol. The standard InChI is InChI=1S/C18H19FN2O4/c1-24-8-11-15(10-5-6-25-17(10)11)21-18(23)13-7-14(22)9-3-2-4-12(19)16(9)20-13/h2-4,7,10-11,15,17H,5-6,8H2,1H3,(H,20,22)(H,21,23)/t10-,11+,15+,17-/m0/s1. The van der Waals surface area contributed by atoms with Crippen LogP contribution in [0.5, 0.6) is 0 Å². The lowest BCUT2D eigenvalue weighted by Crippen LogP contribution is -2.62. The number of halogens is 1. The second kappa shape index (κ2) is 6.24. The van der Waals surface area contributed by atoms with E-state index in [0.29, 0.717) is 13.2 Å². The summed E-state index contributed by atoms with van der Waals surface area (Å²) in [6, 6.07) is 5.39. The van der Waals surface area contributed by atoms with Crippen molar-refractivity contribution in [1.29, 1.82) is 0 Å². The van der Waals surface area contributed by atoms with Gasteiger partial charge in [-0.15, -0.1) is 0 Å². The Morgan fingerprint density at radius 1 is 1.48 bits per heavy atom. The molecule has 4 atom stereocenters. The molecule has 7 heteroatoms. The highest BCUT2D eigenvalue weighted by Gasteiger charge is 2.54. The summed E-state index contributed by atoms with van der Waals surface area (Å²) in [5.41, 5.74) is -0.284. The number of aromatic amines is 1. The van der Waals surface area contributed by atoms with Gasteiger partial charge < -0.3 is 19.8 Å². The number of nitrogens with one attached hydrogen (secondary N) is 2. The van der Waals surface area contributed by atoms with Crippen molar-refractivity contribution in [3.8, 4) is 0 Å². The van der Waals surface area contributed by atoms with Crippen LogP contribution in [0.2, 0.25) is 0 Å². The van der Waals surface area contributed by atoms with Crippen LogP contribution in [0.3, 0.4) is 0 Å². The van der Waals surface area contributed by atoms with Gasteiger partial charge in [0.25, 0.3) is 5.91 Å². The number of carbonyl (C=O) groups is 1. The molecule has 1 amide bonds. The Labute approximate surface area is 143 Å². The van der Waals surface area contributed by atoms with Gasteiger partial charge in [-0.25, -0.2) is 4.39 Å². The smallest absolute Gasteiger partial charge is 0.268 e. The number of aromatic nitrogens is 1.